The second-order valence-corrected chi connectivity index (χ2v) is 4.28. The zero-order chi connectivity index (χ0) is 10.7. The Bertz CT molecular complexity index is 312. The summed E-state index contributed by atoms with van der Waals surface area (Å²) in [6.45, 7) is 5.75. The van der Waals surface area contributed by atoms with E-state index in [1.165, 1.54) is 12.8 Å². The van der Waals surface area contributed by atoms with E-state index < -0.39 is 0 Å². The molecule has 0 amide bonds. The predicted octanol–water partition coefficient (Wildman–Crippen LogP) is 0.549. The van der Waals surface area contributed by atoms with Gasteiger partial charge >= 0.3 is 0 Å². The molecule has 1 atom stereocenters. The third-order valence-electron chi connectivity index (χ3n) is 3.06. The van der Waals surface area contributed by atoms with Crippen LogP contribution in [0.25, 0.3) is 0 Å². The van der Waals surface area contributed by atoms with Crippen molar-refractivity contribution in [3.05, 3.63) is 11.4 Å². The molecule has 0 radical (unpaired) electrons. The van der Waals surface area contributed by atoms with Gasteiger partial charge in [0.2, 0.25) is 0 Å². The monoisotopic (exact) mass is 210 g/mol. The molecular formula is C10H18N4O. The molecule has 2 rings (SSSR count). The third kappa shape index (κ3) is 2.54. The summed E-state index contributed by atoms with van der Waals surface area (Å²) in [6.07, 6.45) is 2.48. The van der Waals surface area contributed by atoms with Crippen molar-refractivity contribution in [3.8, 4) is 0 Å². The minimum atomic E-state index is 0.638. The van der Waals surface area contributed by atoms with E-state index in [9.17, 15) is 0 Å². The molecular weight excluding hydrogens is 192 g/mol. The van der Waals surface area contributed by atoms with Gasteiger partial charge in [-0.15, -0.1) is 0 Å². The topological polar surface area (TPSA) is 68.2 Å². The summed E-state index contributed by atoms with van der Waals surface area (Å²) in [5.41, 5.74) is 7.54. The van der Waals surface area contributed by atoms with Gasteiger partial charge in [-0.25, -0.2) is 4.63 Å². The first-order valence-corrected chi connectivity index (χ1v) is 5.50. The Morgan fingerprint density at radius 2 is 2.40 bits per heavy atom. The fourth-order valence-electron chi connectivity index (χ4n) is 2.09. The predicted molar refractivity (Wildman–Crippen MR) is 56.1 cm³/mol. The Morgan fingerprint density at radius 3 is 3.07 bits per heavy atom. The number of hydrogen-bond donors (Lipinski definition) is 1. The zero-order valence-corrected chi connectivity index (χ0v) is 9.15. The highest BCUT2D eigenvalue weighted by Gasteiger charge is 2.20. The summed E-state index contributed by atoms with van der Waals surface area (Å²) in [5.74, 6) is 0.638. The van der Waals surface area contributed by atoms with Gasteiger partial charge in [-0.3, -0.25) is 4.90 Å². The molecule has 1 aliphatic heterocycles. The van der Waals surface area contributed by atoms with E-state index in [1.54, 1.807) is 0 Å². The van der Waals surface area contributed by atoms with Gasteiger partial charge < -0.3 is 5.73 Å². The summed E-state index contributed by atoms with van der Waals surface area (Å²) in [6, 6.07) is 0. The number of rotatable bonds is 3. The minimum absolute atomic E-state index is 0.638. The molecule has 1 aromatic rings. The highest BCUT2D eigenvalue weighted by Crippen LogP contribution is 2.17. The molecule has 1 unspecified atom stereocenters. The maximum atomic E-state index is 5.70. The maximum absolute atomic E-state index is 5.70. The number of nitrogens with two attached hydrogens (primary N) is 1. The molecule has 2 N–H and O–H groups in total. The lowest BCUT2D eigenvalue weighted by Crippen LogP contribution is -2.38. The SMILES string of the molecule is Cc1nonc1CN1CCCC(CN)C1. The standard InChI is InChI=1S/C10H18N4O/c1-8-10(13-15-12-8)7-14-4-2-3-9(5-11)6-14/h9H,2-7,11H2,1H3. The molecule has 84 valence electrons. The first kappa shape index (κ1) is 10.6. The molecule has 5 heteroatoms. The molecule has 5 nitrogen and oxygen atoms in total. The van der Waals surface area contributed by atoms with Gasteiger partial charge in [0.25, 0.3) is 0 Å². The largest absolute Gasteiger partial charge is 0.330 e. The van der Waals surface area contributed by atoms with Crippen LogP contribution in [0.3, 0.4) is 0 Å². The van der Waals surface area contributed by atoms with E-state index in [-0.39, 0.29) is 0 Å². The van der Waals surface area contributed by atoms with E-state index in [0.717, 1.165) is 37.6 Å². The highest BCUT2D eigenvalue weighted by atomic mass is 16.6. The number of piperidine rings is 1. The molecule has 1 aliphatic rings. The van der Waals surface area contributed by atoms with Gasteiger partial charge in [-0.05, 0) is 38.8 Å². The van der Waals surface area contributed by atoms with Gasteiger partial charge in [0.05, 0.1) is 0 Å². The van der Waals surface area contributed by atoms with Crippen molar-refractivity contribution in [1.29, 1.82) is 0 Å². The average molecular weight is 210 g/mol. The third-order valence-corrected chi connectivity index (χ3v) is 3.06. The van der Waals surface area contributed by atoms with Crippen molar-refractivity contribution in [2.24, 2.45) is 11.7 Å². The molecule has 15 heavy (non-hydrogen) atoms. The van der Waals surface area contributed by atoms with E-state index in [0.29, 0.717) is 5.92 Å². The van der Waals surface area contributed by atoms with Crippen LogP contribution in [-0.4, -0.2) is 34.8 Å². The van der Waals surface area contributed by atoms with Crippen LogP contribution in [0.2, 0.25) is 0 Å². The number of aryl methyl sites for hydroxylation is 1. The smallest absolute Gasteiger partial charge is 0.122 e. The Kier molecular flexibility index (Phi) is 3.33. The Hall–Kier alpha value is -0.940. The second-order valence-electron chi connectivity index (χ2n) is 4.28. The summed E-state index contributed by atoms with van der Waals surface area (Å²) in [5, 5.41) is 7.69. The number of nitrogens with zero attached hydrogens (tertiary/aromatic N) is 3. The lowest BCUT2D eigenvalue weighted by atomic mass is 9.98. The van der Waals surface area contributed by atoms with Gasteiger partial charge in [0, 0.05) is 13.1 Å². The van der Waals surface area contributed by atoms with E-state index in [4.69, 9.17) is 5.73 Å². The molecule has 2 heterocycles. The molecule has 1 fully saturated rings. The van der Waals surface area contributed by atoms with Crippen molar-refractivity contribution in [1.82, 2.24) is 15.2 Å². The number of hydrogen-bond acceptors (Lipinski definition) is 5. The number of aromatic nitrogens is 2. The lowest BCUT2D eigenvalue weighted by molar-refractivity contribution is 0.166. The van der Waals surface area contributed by atoms with Gasteiger partial charge in [-0.1, -0.05) is 10.3 Å². The Morgan fingerprint density at radius 1 is 1.53 bits per heavy atom. The molecule has 0 aromatic carbocycles. The molecule has 1 aromatic heterocycles. The quantitative estimate of drug-likeness (QED) is 0.789. The normalized spacial score (nSPS) is 23.2. The van der Waals surface area contributed by atoms with Crippen LogP contribution >= 0.6 is 0 Å². The minimum Gasteiger partial charge on any atom is -0.330 e. The van der Waals surface area contributed by atoms with Crippen molar-refractivity contribution in [3.63, 3.8) is 0 Å². The summed E-state index contributed by atoms with van der Waals surface area (Å²) < 4.78 is 4.69. The first-order chi connectivity index (χ1) is 7.29. The Labute approximate surface area is 89.6 Å². The van der Waals surface area contributed by atoms with Crippen LogP contribution in [-0.2, 0) is 6.54 Å². The molecule has 0 aliphatic carbocycles. The fraction of sp³-hybridized carbons (Fsp3) is 0.800. The van der Waals surface area contributed by atoms with E-state index >= 15 is 0 Å². The molecule has 0 spiro atoms. The van der Waals surface area contributed by atoms with E-state index in [1.807, 2.05) is 6.92 Å². The second kappa shape index (κ2) is 4.72. The molecule has 0 bridgehead atoms. The lowest BCUT2D eigenvalue weighted by Gasteiger charge is -2.31. The highest BCUT2D eigenvalue weighted by molar-refractivity contribution is 5.04. The number of likely N-dealkylation sites (tertiary alicyclic amines) is 1. The van der Waals surface area contributed by atoms with Crippen LogP contribution in [0.15, 0.2) is 4.63 Å². The van der Waals surface area contributed by atoms with Gasteiger partial charge in [0.1, 0.15) is 11.4 Å². The van der Waals surface area contributed by atoms with Gasteiger partial charge in [0.15, 0.2) is 0 Å². The van der Waals surface area contributed by atoms with Crippen LogP contribution < -0.4 is 5.73 Å². The van der Waals surface area contributed by atoms with Gasteiger partial charge in [-0.2, -0.15) is 0 Å². The van der Waals surface area contributed by atoms with Crippen LogP contribution in [0.1, 0.15) is 24.2 Å². The zero-order valence-electron chi connectivity index (χ0n) is 9.15. The molecule has 0 saturated carbocycles. The first-order valence-electron chi connectivity index (χ1n) is 5.50. The van der Waals surface area contributed by atoms with Crippen molar-refractivity contribution < 1.29 is 4.63 Å². The summed E-state index contributed by atoms with van der Waals surface area (Å²) in [4.78, 5) is 2.38. The van der Waals surface area contributed by atoms with E-state index in [2.05, 4.69) is 19.8 Å². The van der Waals surface area contributed by atoms with Crippen molar-refractivity contribution in [2.45, 2.75) is 26.3 Å². The van der Waals surface area contributed by atoms with Crippen LogP contribution in [0.4, 0.5) is 0 Å². The van der Waals surface area contributed by atoms with Crippen LogP contribution in [0.5, 0.6) is 0 Å². The molecule has 1 saturated heterocycles. The van der Waals surface area contributed by atoms with Crippen LogP contribution in [0, 0.1) is 12.8 Å². The fourth-order valence-corrected chi connectivity index (χ4v) is 2.09. The average Bonchev–Trinajstić information content (AvgIpc) is 2.65. The Balaban J connectivity index is 1.92. The summed E-state index contributed by atoms with van der Waals surface area (Å²) >= 11 is 0. The van der Waals surface area contributed by atoms with Crippen molar-refractivity contribution in [2.75, 3.05) is 19.6 Å². The maximum Gasteiger partial charge on any atom is 0.122 e. The van der Waals surface area contributed by atoms with Crippen molar-refractivity contribution >= 4 is 0 Å². The summed E-state index contributed by atoms with van der Waals surface area (Å²) in [7, 11) is 0.